The number of thioether (sulfide) groups is 1. The quantitative estimate of drug-likeness (QED) is 0.432. The molecule has 1 fully saturated rings. The Bertz CT molecular complexity index is 1140. The van der Waals surface area contributed by atoms with E-state index >= 15 is 0 Å². The highest BCUT2D eigenvalue weighted by Gasteiger charge is 2.25. The van der Waals surface area contributed by atoms with Crippen LogP contribution in [-0.2, 0) is 9.53 Å². The molecule has 0 spiro atoms. The number of piperazine rings is 1. The Morgan fingerprint density at radius 3 is 2.56 bits per heavy atom. The van der Waals surface area contributed by atoms with Gasteiger partial charge >= 0.3 is 6.09 Å². The van der Waals surface area contributed by atoms with Gasteiger partial charge in [-0.25, -0.2) is 19.4 Å². The summed E-state index contributed by atoms with van der Waals surface area (Å²) >= 11 is 1.38. The maximum Gasteiger partial charge on any atom is 0.409 e. The molecule has 2 aromatic heterocycles. The zero-order valence-electron chi connectivity index (χ0n) is 18.4. The summed E-state index contributed by atoms with van der Waals surface area (Å²) in [7, 11) is 0. The first kappa shape index (κ1) is 22.1. The predicted octanol–water partition coefficient (Wildman–Crippen LogP) is 2.83. The van der Waals surface area contributed by atoms with Gasteiger partial charge in [-0.2, -0.15) is 5.10 Å². The average molecular weight is 455 g/mol. The number of hydrogen-bond donors (Lipinski definition) is 0. The molecule has 9 nitrogen and oxygen atoms in total. The van der Waals surface area contributed by atoms with Gasteiger partial charge in [0.15, 0.2) is 5.65 Å². The Morgan fingerprint density at radius 1 is 1.09 bits per heavy atom. The number of ether oxygens (including phenoxy) is 1. The second-order valence-electron chi connectivity index (χ2n) is 7.62. The fourth-order valence-electron chi connectivity index (χ4n) is 3.73. The maximum atomic E-state index is 12.7. The molecule has 2 amide bonds. The lowest BCUT2D eigenvalue weighted by molar-refractivity contribution is -0.129. The fraction of sp³-hybridized carbons (Fsp3) is 0.409. The van der Waals surface area contributed by atoms with E-state index in [0.29, 0.717) is 38.4 Å². The van der Waals surface area contributed by atoms with Crippen LogP contribution < -0.4 is 0 Å². The van der Waals surface area contributed by atoms with Crippen molar-refractivity contribution in [2.24, 2.45) is 0 Å². The van der Waals surface area contributed by atoms with E-state index in [9.17, 15) is 9.59 Å². The first-order valence-electron chi connectivity index (χ1n) is 10.6. The molecule has 3 heterocycles. The summed E-state index contributed by atoms with van der Waals surface area (Å²) in [6, 6.07) is 6.19. The zero-order valence-corrected chi connectivity index (χ0v) is 19.3. The van der Waals surface area contributed by atoms with Crippen molar-refractivity contribution in [2.45, 2.75) is 25.8 Å². The molecule has 1 aliphatic heterocycles. The summed E-state index contributed by atoms with van der Waals surface area (Å²) < 4.78 is 6.84. The van der Waals surface area contributed by atoms with E-state index < -0.39 is 0 Å². The molecule has 1 aliphatic rings. The topological polar surface area (TPSA) is 93.4 Å². The third kappa shape index (κ3) is 4.55. The molecule has 1 saturated heterocycles. The summed E-state index contributed by atoms with van der Waals surface area (Å²) in [4.78, 5) is 36.8. The molecule has 0 unspecified atom stereocenters. The lowest BCUT2D eigenvalue weighted by Gasteiger charge is -2.34. The lowest BCUT2D eigenvalue weighted by Crippen LogP contribution is -2.51. The fourth-order valence-corrected chi connectivity index (χ4v) is 4.60. The van der Waals surface area contributed by atoms with Crippen molar-refractivity contribution < 1.29 is 14.3 Å². The molecule has 32 heavy (non-hydrogen) atoms. The molecule has 0 aliphatic carbocycles. The van der Waals surface area contributed by atoms with E-state index in [1.54, 1.807) is 22.9 Å². The smallest absolute Gasteiger partial charge is 0.409 e. The van der Waals surface area contributed by atoms with Gasteiger partial charge in [0.1, 0.15) is 11.4 Å². The Kier molecular flexibility index (Phi) is 6.59. The molecule has 0 atom stereocenters. The molecule has 3 aromatic rings. The van der Waals surface area contributed by atoms with Crippen LogP contribution in [0.1, 0.15) is 18.1 Å². The minimum Gasteiger partial charge on any atom is -0.450 e. The van der Waals surface area contributed by atoms with Crippen molar-refractivity contribution >= 4 is 34.8 Å². The lowest BCUT2D eigenvalue weighted by atomic mass is 10.1. The Labute approximate surface area is 190 Å². The number of aryl methyl sites for hydroxylation is 2. The van der Waals surface area contributed by atoms with Gasteiger partial charge in [-0.1, -0.05) is 29.5 Å². The Hall–Kier alpha value is -3.14. The van der Waals surface area contributed by atoms with Gasteiger partial charge in [-0.3, -0.25) is 4.79 Å². The van der Waals surface area contributed by atoms with Gasteiger partial charge in [0.2, 0.25) is 5.91 Å². The normalized spacial score (nSPS) is 14.1. The summed E-state index contributed by atoms with van der Waals surface area (Å²) in [5.74, 6) is 0.285. The Balaban J connectivity index is 1.43. The first-order valence-corrected chi connectivity index (χ1v) is 11.5. The van der Waals surface area contributed by atoms with Crippen molar-refractivity contribution in [3.8, 4) is 5.69 Å². The number of rotatable bonds is 5. The van der Waals surface area contributed by atoms with Crippen LogP contribution in [-0.4, -0.2) is 80.1 Å². The van der Waals surface area contributed by atoms with Crippen LogP contribution in [0.3, 0.4) is 0 Å². The Morgan fingerprint density at radius 2 is 1.84 bits per heavy atom. The van der Waals surface area contributed by atoms with E-state index in [2.05, 4.69) is 28.1 Å². The highest BCUT2D eigenvalue weighted by molar-refractivity contribution is 8.00. The molecular weight excluding hydrogens is 428 g/mol. The van der Waals surface area contributed by atoms with Crippen LogP contribution >= 0.6 is 11.8 Å². The molecule has 1 aromatic carbocycles. The highest BCUT2D eigenvalue weighted by Crippen LogP contribution is 2.27. The first-order chi connectivity index (χ1) is 15.5. The molecule has 4 rings (SSSR count). The standard InChI is InChI=1S/C22H26N6O3S/c1-4-31-22(30)27-9-7-26(8-10-27)19(29)13-32-21-17-12-25-28(20(17)23-14-24-21)18-6-5-15(2)11-16(18)3/h5-6,11-12,14H,4,7-10,13H2,1-3H3. The minimum atomic E-state index is -0.321. The second kappa shape index (κ2) is 9.56. The van der Waals surface area contributed by atoms with Crippen molar-refractivity contribution in [3.63, 3.8) is 0 Å². The number of nitrogens with zero attached hydrogens (tertiary/aromatic N) is 6. The minimum absolute atomic E-state index is 0.0204. The molecule has 0 radical (unpaired) electrons. The van der Waals surface area contributed by atoms with Crippen LogP contribution in [0.2, 0.25) is 0 Å². The number of fused-ring (bicyclic) bond motifs is 1. The highest BCUT2D eigenvalue weighted by atomic mass is 32.2. The zero-order chi connectivity index (χ0) is 22.7. The number of benzene rings is 1. The van der Waals surface area contributed by atoms with Gasteiger partial charge < -0.3 is 14.5 Å². The van der Waals surface area contributed by atoms with Crippen molar-refractivity contribution in [3.05, 3.63) is 41.9 Å². The summed E-state index contributed by atoms with van der Waals surface area (Å²) in [5.41, 5.74) is 3.98. The van der Waals surface area contributed by atoms with E-state index in [1.807, 2.05) is 23.7 Å². The largest absolute Gasteiger partial charge is 0.450 e. The number of carbonyl (C=O) groups is 2. The van der Waals surface area contributed by atoms with E-state index in [4.69, 9.17) is 4.74 Å². The number of carbonyl (C=O) groups excluding carboxylic acids is 2. The molecule has 0 bridgehead atoms. The van der Waals surface area contributed by atoms with E-state index in [1.165, 1.54) is 23.7 Å². The monoisotopic (exact) mass is 454 g/mol. The summed E-state index contributed by atoms with van der Waals surface area (Å²) in [5, 5.41) is 6.07. The second-order valence-corrected chi connectivity index (χ2v) is 8.58. The van der Waals surface area contributed by atoms with Crippen LogP contribution in [0, 0.1) is 13.8 Å². The van der Waals surface area contributed by atoms with E-state index in [-0.39, 0.29) is 17.8 Å². The van der Waals surface area contributed by atoms with Gasteiger partial charge in [-0.05, 0) is 32.4 Å². The van der Waals surface area contributed by atoms with Gasteiger partial charge in [0, 0.05) is 26.2 Å². The number of amides is 2. The molecule has 10 heteroatoms. The van der Waals surface area contributed by atoms with Crippen LogP contribution in [0.4, 0.5) is 4.79 Å². The van der Waals surface area contributed by atoms with Crippen molar-refractivity contribution in [1.29, 1.82) is 0 Å². The number of hydrogen-bond acceptors (Lipinski definition) is 7. The average Bonchev–Trinajstić information content (AvgIpc) is 3.22. The van der Waals surface area contributed by atoms with Crippen molar-refractivity contribution in [1.82, 2.24) is 29.5 Å². The van der Waals surface area contributed by atoms with Gasteiger partial charge in [0.25, 0.3) is 0 Å². The van der Waals surface area contributed by atoms with Crippen molar-refractivity contribution in [2.75, 3.05) is 38.5 Å². The summed E-state index contributed by atoms with van der Waals surface area (Å²) in [6.07, 6.45) is 2.94. The maximum absolute atomic E-state index is 12.7. The summed E-state index contributed by atoms with van der Waals surface area (Å²) in [6.45, 7) is 8.21. The molecule has 168 valence electrons. The van der Waals surface area contributed by atoms with Gasteiger partial charge in [-0.15, -0.1) is 0 Å². The number of aromatic nitrogens is 4. The van der Waals surface area contributed by atoms with Crippen LogP contribution in [0.15, 0.2) is 35.7 Å². The third-order valence-corrected chi connectivity index (χ3v) is 6.39. The molecular formula is C22H26N6O3S. The van der Waals surface area contributed by atoms with Crippen LogP contribution in [0.5, 0.6) is 0 Å². The SMILES string of the molecule is CCOC(=O)N1CCN(C(=O)CSc2ncnc3c2cnn3-c2ccc(C)cc2C)CC1. The molecule has 0 N–H and O–H groups in total. The third-order valence-electron chi connectivity index (χ3n) is 5.40. The predicted molar refractivity (Wildman–Crippen MR) is 122 cm³/mol. The van der Waals surface area contributed by atoms with E-state index in [0.717, 1.165) is 21.7 Å². The van der Waals surface area contributed by atoms with Crippen LogP contribution in [0.25, 0.3) is 16.7 Å². The molecule has 0 saturated carbocycles. The van der Waals surface area contributed by atoms with Gasteiger partial charge in [0.05, 0.1) is 29.6 Å².